The van der Waals surface area contributed by atoms with Crippen LogP contribution in [-0.4, -0.2) is 46.7 Å². The highest BCUT2D eigenvalue weighted by atomic mass is 19.1. The van der Waals surface area contributed by atoms with Crippen molar-refractivity contribution in [1.29, 1.82) is 0 Å². The molecule has 1 atom stereocenters. The highest BCUT2D eigenvalue weighted by Gasteiger charge is 2.33. The monoisotopic (exact) mass is 576 g/mol. The van der Waals surface area contributed by atoms with Crippen molar-refractivity contribution in [1.82, 2.24) is 9.88 Å². The number of amides is 2. The fourth-order valence-corrected chi connectivity index (χ4v) is 4.81. The molecule has 1 aliphatic heterocycles. The van der Waals surface area contributed by atoms with Gasteiger partial charge in [0.1, 0.15) is 29.6 Å². The molecule has 2 heterocycles. The Labute approximate surface area is 247 Å². The number of nitrogens with one attached hydrogen (secondary N) is 2. The van der Waals surface area contributed by atoms with Gasteiger partial charge < -0.3 is 25.0 Å². The van der Waals surface area contributed by atoms with E-state index in [0.717, 1.165) is 24.0 Å². The summed E-state index contributed by atoms with van der Waals surface area (Å²) in [7, 11) is 0. The first-order valence-electron chi connectivity index (χ1n) is 14.3. The molecule has 1 saturated heterocycles. The Hall–Kier alpha value is -4.14. The predicted octanol–water partition coefficient (Wildman–Crippen LogP) is 7.16. The molecule has 9 heteroatoms. The lowest BCUT2D eigenvalue weighted by Crippen LogP contribution is -2.42. The highest BCUT2D eigenvalue weighted by Crippen LogP contribution is 2.34. The Morgan fingerprint density at radius 1 is 1.05 bits per heavy atom. The van der Waals surface area contributed by atoms with Crippen molar-refractivity contribution in [2.45, 2.75) is 78.0 Å². The van der Waals surface area contributed by atoms with Crippen LogP contribution in [0.2, 0.25) is 0 Å². The molecular formula is C33H41FN4O4. The molecule has 0 radical (unpaired) electrons. The molecule has 2 N–H and O–H groups in total. The number of nitrogens with zero attached hydrogens (tertiary/aromatic N) is 2. The van der Waals surface area contributed by atoms with Crippen LogP contribution >= 0.6 is 0 Å². The third kappa shape index (κ3) is 8.21. The van der Waals surface area contributed by atoms with E-state index < -0.39 is 5.60 Å². The van der Waals surface area contributed by atoms with E-state index in [1.54, 1.807) is 35.4 Å². The molecule has 8 nitrogen and oxygen atoms in total. The minimum absolute atomic E-state index is 0.101. The number of hydrogen-bond acceptors (Lipinski definition) is 6. The first kappa shape index (κ1) is 30.8. The van der Waals surface area contributed by atoms with Crippen LogP contribution in [0.1, 0.15) is 75.9 Å². The van der Waals surface area contributed by atoms with Gasteiger partial charge in [-0.15, -0.1) is 0 Å². The Kier molecular flexibility index (Phi) is 9.39. The number of halogens is 1. The van der Waals surface area contributed by atoms with Gasteiger partial charge in [-0.25, -0.2) is 14.2 Å². The Bertz CT molecular complexity index is 1400. The normalized spacial score (nSPS) is 15.3. The molecule has 0 aliphatic carbocycles. The largest absolute Gasteiger partial charge is 0.491 e. The van der Waals surface area contributed by atoms with Gasteiger partial charge in [-0.3, -0.25) is 4.79 Å². The van der Waals surface area contributed by atoms with Crippen LogP contribution in [0, 0.1) is 5.82 Å². The quantitative estimate of drug-likeness (QED) is 0.296. The van der Waals surface area contributed by atoms with Gasteiger partial charge in [-0.05, 0) is 80.5 Å². The zero-order valence-corrected chi connectivity index (χ0v) is 25.3. The number of benzene rings is 2. The fraction of sp³-hybridized carbons (Fsp3) is 0.424. The number of carbonyl (C=O) groups excluding carboxylic acids is 2. The lowest BCUT2D eigenvalue weighted by molar-refractivity contribution is 0.0186. The zero-order valence-electron chi connectivity index (χ0n) is 25.3. The van der Waals surface area contributed by atoms with E-state index in [-0.39, 0.29) is 29.3 Å². The smallest absolute Gasteiger partial charge is 0.410 e. The van der Waals surface area contributed by atoms with Gasteiger partial charge in [0.15, 0.2) is 0 Å². The van der Waals surface area contributed by atoms with Gasteiger partial charge >= 0.3 is 6.09 Å². The van der Waals surface area contributed by atoms with Crippen molar-refractivity contribution in [2.24, 2.45) is 0 Å². The van der Waals surface area contributed by atoms with E-state index in [4.69, 9.17) is 9.47 Å². The van der Waals surface area contributed by atoms with E-state index in [1.807, 2.05) is 39.0 Å². The maximum atomic E-state index is 13.3. The second kappa shape index (κ2) is 12.8. The van der Waals surface area contributed by atoms with Crippen molar-refractivity contribution < 1.29 is 23.5 Å². The number of rotatable bonds is 8. The average molecular weight is 577 g/mol. The first-order valence-corrected chi connectivity index (χ1v) is 14.3. The minimum Gasteiger partial charge on any atom is -0.491 e. The van der Waals surface area contributed by atoms with E-state index in [1.165, 1.54) is 12.1 Å². The molecule has 0 spiro atoms. The Morgan fingerprint density at radius 2 is 1.79 bits per heavy atom. The summed E-state index contributed by atoms with van der Waals surface area (Å²) < 4.78 is 25.2. The molecule has 2 amide bonds. The molecule has 1 aromatic heterocycles. The number of carbonyl (C=O) groups is 2. The van der Waals surface area contributed by atoms with E-state index in [0.29, 0.717) is 42.5 Å². The third-order valence-electron chi connectivity index (χ3n) is 6.91. The fourth-order valence-electron chi connectivity index (χ4n) is 4.81. The average Bonchev–Trinajstić information content (AvgIpc) is 3.39. The van der Waals surface area contributed by atoms with Crippen LogP contribution in [0.15, 0.2) is 60.8 Å². The Balaban J connectivity index is 1.48. The van der Waals surface area contributed by atoms with Crippen molar-refractivity contribution in [2.75, 3.05) is 23.8 Å². The summed E-state index contributed by atoms with van der Waals surface area (Å²) >= 11 is 0. The highest BCUT2D eigenvalue weighted by molar-refractivity contribution is 6.07. The van der Waals surface area contributed by atoms with Gasteiger partial charge in [-0.1, -0.05) is 39.0 Å². The van der Waals surface area contributed by atoms with Crippen molar-refractivity contribution >= 4 is 23.5 Å². The molecule has 2 aromatic carbocycles. The molecule has 1 unspecified atom stereocenters. The maximum absolute atomic E-state index is 13.3. The van der Waals surface area contributed by atoms with Gasteiger partial charge in [0.2, 0.25) is 0 Å². The first-order chi connectivity index (χ1) is 19.8. The van der Waals surface area contributed by atoms with E-state index in [9.17, 15) is 14.0 Å². The van der Waals surface area contributed by atoms with Crippen molar-refractivity contribution in [3.8, 4) is 5.75 Å². The summed E-state index contributed by atoms with van der Waals surface area (Å²) in [5, 5.41) is 6.14. The molecule has 3 aromatic rings. The third-order valence-corrected chi connectivity index (χ3v) is 6.91. The number of anilines is 2. The number of ether oxygens (including phenoxy) is 2. The summed E-state index contributed by atoms with van der Waals surface area (Å²) in [6, 6.07) is 15.1. The summed E-state index contributed by atoms with van der Waals surface area (Å²) in [5.41, 5.74) is 2.03. The zero-order chi connectivity index (χ0) is 30.5. The minimum atomic E-state index is -0.568. The van der Waals surface area contributed by atoms with Crippen LogP contribution in [0.25, 0.3) is 0 Å². The number of likely N-dealkylation sites (tertiary alicyclic amines) is 1. The van der Waals surface area contributed by atoms with Gasteiger partial charge in [0, 0.05) is 31.0 Å². The van der Waals surface area contributed by atoms with Crippen LogP contribution in [0.5, 0.6) is 5.75 Å². The molecule has 1 fully saturated rings. The predicted molar refractivity (Wildman–Crippen MR) is 163 cm³/mol. The van der Waals surface area contributed by atoms with Crippen LogP contribution in [0.4, 0.5) is 20.7 Å². The number of aromatic nitrogens is 1. The number of hydrogen-bond donors (Lipinski definition) is 2. The molecule has 0 bridgehead atoms. The molecule has 42 heavy (non-hydrogen) atoms. The van der Waals surface area contributed by atoms with Gasteiger partial charge in [-0.2, -0.15) is 0 Å². The van der Waals surface area contributed by atoms with Crippen molar-refractivity contribution in [3.05, 3.63) is 83.3 Å². The summed E-state index contributed by atoms with van der Waals surface area (Å²) in [5.74, 6) is 0.440. The molecule has 1 aliphatic rings. The topological polar surface area (TPSA) is 92.8 Å². The summed E-state index contributed by atoms with van der Waals surface area (Å²) in [6.45, 7) is 13.2. The SMILES string of the molecule is CC(C)(C)OC(=O)N1CCCC1COc1cc(NC(=O)c2cccnc2NCc2ccc(F)cc2)ccc1C(C)(C)C. The second-order valence-electron chi connectivity index (χ2n) is 12.6. The molecule has 224 valence electrons. The van der Waals surface area contributed by atoms with Crippen LogP contribution < -0.4 is 15.4 Å². The summed E-state index contributed by atoms with van der Waals surface area (Å²) in [6.07, 6.45) is 3.00. The molecular weight excluding hydrogens is 535 g/mol. The Morgan fingerprint density at radius 3 is 2.48 bits per heavy atom. The van der Waals surface area contributed by atoms with Gasteiger partial charge in [0.25, 0.3) is 5.91 Å². The van der Waals surface area contributed by atoms with E-state index >= 15 is 0 Å². The maximum Gasteiger partial charge on any atom is 0.410 e. The van der Waals surface area contributed by atoms with Crippen LogP contribution in [0.3, 0.4) is 0 Å². The van der Waals surface area contributed by atoms with Gasteiger partial charge in [0.05, 0.1) is 11.6 Å². The van der Waals surface area contributed by atoms with E-state index in [2.05, 4.69) is 36.4 Å². The standard InChI is InChI=1S/C33H41FN4O4/c1-32(2,3)27-16-15-24(19-28(27)41-21-25-9-8-18-38(25)31(40)42-33(4,5)6)37-30(39)26-10-7-17-35-29(26)36-20-22-11-13-23(34)14-12-22/h7,10-17,19,25H,8-9,18,20-21H2,1-6H3,(H,35,36)(H,37,39). The lowest BCUT2D eigenvalue weighted by Gasteiger charge is -2.29. The lowest BCUT2D eigenvalue weighted by atomic mass is 9.86. The van der Waals surface area contributed by atoms with Crippen molar-refractivity contribution in [3.63, 3.8) is 0 Å². The number of pyridine rings is 1. The molecule has 0 saturated carbocycles. The molecule has 4 rings (SSSR count). The summed E-state index contributed by atoms with van der Waals surface area (Å²) in [4.78, 5) is 32.2. The second-order valence-corrected chi connectivity index (χ2v) is 12.6. The van der Waals surface area contributed by atoms with Crippen LogP contribution in [-0.2, 0) is 16.7 Å².